The van der Waals surface area contributed by atoms with E-state index in [1.54, 1.807) is 6.07 Å². The highest BCUT2D eigenvalue weighted by Gasteiger charge is 2.36. The molecule has 1 aromatic rings. The van der Waals surface area contributed by atoms with Gasteiger partial charge in [-0.05, 0) is 37.9 Å². The smallest absolute Gasteiger partial charge is 0.250 e. The van der Waals surface area contributed by atoms with Gasteiger partial charge >= 0.3 is 0 Å². The molecule has 3 rings (SSSR count). The normalized spacial score (nSPS) is 23.8. The molecule has 118 valence electrons. The van der Waals surface area contributed by atoms with E-state index in [0.29, 0.717) is 10.3 Å². The molecule has 21 heavy (non-hydrogen) atoms. The number of hydrogen-bond acceptors (Lipinski definition) is 5. The monoisotopic (exact) mass is 329 g/mol. The second kappa shape index (κ2) is 6.34. The van der Waals surface area contributed by atoms with Gasteiger partial charge in [0.1, 0.15) is 4.21 Å². The van der Waals surface area contributed by atoms with Crippen LogP contribution in [0.25, 0.3) is 0 Å². The molecule has 0 radical (unpaired) electrons. The van der Waals surface area contributed by atoms with Crippen molar-refractivity contribution in [1.82, 2.24) is 14.9 Å². The van der Waals surface area contributed by atoms with Crippen molar-refractivity contribution in [2.24, 2.45) is 0 Å². The van der Waals surface area contributed by atoms with Crippen LogP contribution >= 0.6 is 11.3 Å². The Bertz CT molecular complexity index is 581. The molecule has 1 aliphatic heterocycles. The zero-order valence-corrected chi connectivity index (χ0v) is 14.0. The molecule has 1 unspecified atom stereocenters. The van der Waals surface area contributed by atoms with Gasteiger partial charge in [0.05, 0.1) is 0 Å². The lowest BCUT2D eigenvalue weighted by Crippen LogP contribution is -2.37. The Hall–Kier alpha value is -0.470. The number of nitrogens with zero attached hydrogens (tertiary/aromatic N) is 1. The molecule has 1 aromatic heterocycles. The van der Waals surface area contributed by atoms with Crippen LogP contribution in [0.3, 0.4) is 0 Å². The predicted octanol–water partition coefficient (Wildman–Crippen LogP) is 1.37. The summed E-state index contributed by atoms with van der Waals surface area (Å²) in [5, 5.41) is 3.22. The van der Waals surface area contributed by atoms with Crippen LogP contribution in [0.2, 0.25) is 0 Å². The van der Waals surface area contributed by atoms with E-state index >= 15 is 0 Å². The molecule has 1 saturated heterocycles. The Morgan fingerprint density at radius 3 is 2.86 bits per heavy atom. The summed E-state index contributed by atoms with van der Waals surface area (Å²) in [6, 6.07) is 4.39. The maximum atomic E-state index is 12.4. The van der Waals surface area contributed by atoms with E-state index < -0.39 is 10.0 Å². The van der Waals surface area contributed by atoms with Crippen molar-refractivity contribution >= 4 is 21.4 Å². The van der Waals surface area contributed by atoms with Gasteiger partial charge in [-0.25, -0.2) is 13.1 Å². The first kappa shape index (κ1) is 15.4. The van der Waals surface area contributed by atoms with Crippen LogP contribution in [0.5, 0.6) is 0 Å². The fourth-order valence-corrected chi connectivity index (χ4v) is 5.38. The minimum atomic E-state index is -3.36. The van der Waals surface area contributed by atoms with Gasteiger partial charge in [-0.2, -0.15) is 0 Å². The van der Waals surface area contributed by atoms with Gasteiger partial charge in [-0.3, -0.25) is 4.90 Å². The Balaban J connectivity index is 1.59. The summed E-state index contributed by atoms with van der Waals surface area (Å²) >= 11 is 1.36. The molecule has 2 N–H and O–H groups in total. The summed E-state index contributed by atoms with van der Waals surface area (Å²) in [7, 11) is -3.36. The molecule has 1 atom stereocenters. The molecule has 0 amide bonds. The van der Waals surface area contributed by atoms with Crippen molar-refractivity contribution in [1.29, 1.82) is 0 Å². The lowest BCUT2D eigenvalue weighted by molar-refractivity contribution is 0.322. The van der Waals surface area contributed by atoms with Crippen molar-refractivity contribution in [2.45, 2.75) is 49.0 Å². The molecule has 1 saturated carbocycles. The number of hydrogen-bond donors (Lipinski definition) is 2. The quantitative estimate of drug-likeness (QED) is 0.793. The third-order valence-corrected chi connectivity index (χ3v) is 7.15. The van der Waals surface area contributed by atoms with Crippen molar-refractivity contribution in [2.75, 3.05) is 19.6 Å². The van der Waals surface area contributed by atoms with E-state index in [-0.39, 0.29) is 6.04 Å². The third kappa shape index (κ3) is 3.84. The van der Waals surface area contributed by atoms with Crippen LogP contribution in [-0.4, -0.2) is 45.0 Å². The van der Waals surface area contributed by atoms with Crippen molar-refractivity contribution in [3.8, 4) is 0 Å². The molecule has 0 bridgehead atoms. The molecule has 2 fully saturated rings. The maximum absolute atomic E-state index is 12.4. The van der Waals surface area contributed by atoms with E-state index in [4.69, 9.17) is 0 Å². The summed E-state index contributed by atoms with van der Waals surface area (Å²) in [5.74, 6) is 0. The number of thiophene rings is 1. The standard InChI is InChI=1S/C14H23N3O2S2/c1-2-15-9-13-5-6-14(20-13)21(18,19)16-11-7-8-17(10-11)12-3-4-12/h5-6,11-12,15-16H,2-4,7-10H2,1H3. The first-order valence-electron chi connectivity index (χ1n) is 7.64. The van der Waals surface area contributed by atoms with Crippen LogP contribution < -0.4 is 10.0 Å². The minimum Gasteiger partial charge on any atom is -0.312 e. The van der Waals surface area contributed by atoms with Crippen molar-refractivity contribution < 1.29 is 8.42 Å². The second-order valence-electron chi connectivity index (χ2n) is 5.83. The van der Waals surface area contributed by atoms with Gasteiger partial charge in [0, 0.05) is 36.6 Å². The maximum Gasteiger partial charge on any atom is 0.250 e. The summed E-state index contributed by atoms with van der Waals surface area (Å²) in [6.45, 7) is 5.54. The average molecular weight is 329 g/mol. The topological polar surface area (TPSA) is 61.4 Å². The largest absolute Gasteiger partial charge is 0.312 e. The average Bonchev–Trinajstić information content (AvgIpc) is 3.00. The Kier molecular flexibility index (Phi) is 4.66. The molecular weight excluding hydrogens is 306 g/mol. The highest BCUT2D eigenvalue weighted by molar-refractivity contribution is 7.91. The molecule has 7 heteroatoms. The summed E-state index contributed by atoms with van der Waals surface area (Å²) in [4.78, 5) is 3.47. The lowest BCUT2D eigenvalue weighted by atomic mass is 10.3. The van der Waals surface area contributed by atoms with Crippen molar-refractivity contribution in [3.05, 3.63) is 17.0 Å². The predicted molar refractivity (Wildman–Crippen MR) is 85.0 cm³/mol. The summed E-state index contributed by atoms with van der Waals surface area (Å²) < 4.78 is 28.2. The molecule has 5 nitrogen and oxygen atoms in total. The van der Waals surface area contributed by atoms with E-state index in [1.807, 2.05) is 13.0 Å². The van der Waals surface area contributed by atoms with Crippen LogP contribution in [0.15, 0.2) is 16.3 Å². The van der Waals surface area contributed by atoms with E-state index in [2.05, 4.69) is 14.9 Å². The summed E-state index contributed by atoms with van der Waals surface area (Å²) in [5.41, 5.74) is 0. The minimum absolute atomic E-state index is 0.0647. The van der Waals surface area contributed by atoms with Crippen LogP contribution in [0.1, 0.15) is 31.1 Å². The van der Waals surface area contributed by atoms with Crippen LogP contribution in [0, 0.1) is 0 Å². The zero-order chi connectivity index (χ0) is 14.9. The number of sulfonamides is 1. The van der Waals surface area contributed by atoms with Gasteiger partial charge in [0.15, 0.2) is 0 Å². The van der Waals surface area contributed by atoms with E-state index in [9.17, 15) is 8.42 Å². The Morgan fingerprint density at radius 2 is 2.14 bits per heavy atom. The molecule has 2 heterocycles. The molecular formula is C14H23N3O2S2. The van der Waals surface area contributed by atoms with Crippen molar-refractivity contribution in [3.63, 3.8) is 0 Å². The van der Waals surface area contributed by atoms with Gasteiger partial charge < -0.3 is 5.32 Å². The Morgan fingerprint density at radius 1 is 1.33 bits per heavy atom. The van der Waals surface area contributed by atoms with Crippen LogP contribution in [-0.2, 0) is 16.6 Å². The van der Waals surface area contributed by atoms with Gasteiger partial charge in [0.25, 0.3) is 0 Å². The van der Waals surface area contributed by atoms with Gasteiger partial charge in [-0.1, -0.05) is 6.92 Å². The van der Waals surface area contributed by atoms with Gasteiger partial charge in [-0.15, -0.1) is 11.3 Å². The molecule has 1 aliphatic carbocycles. The third-order valence-electron chi connectivity index (χ3n) is 4.06. The fraction of sp³-hybridized carbons (Fsp3) is 0.714. The number of nitrogens with one attached hydrogen (secondary N) is 2. The molecule has 2 aliphatic rings. The van der Waals surface area contributed by atoms with Crippen LogP contribution in [0.4, 0.5) is 0 Å². The SMILES string of the molecule is CCNCc1ccc(S(=O)(=O)NC2CCN(C3CC3)C2)s1. The molecule has 0 spiro atoms. The van der Waals surface area contributed by atoms with Gasteiger partial charge in [0.2, 0.25) is 10.0 Å². The first-order valence-corrected chi connectivity index (χ1v) is 9.94. The Labute approximate surface area is 130 Å². The number of likely N-dealkylation sites (tertiary alicyclic amines) is 1. The zero-order valence-electron chi connectivity index (χ0n) is 12.3. The first-order chi connectivity index (χ1) is 10.1. The summed E-state index contributed by atoms with van der Waals surface area (Å²) in [6.07, 6.45) is 3.47. The highest BCUT2D eigenvalue weighted by atomic mass is 32.2. The highest BCUT2D eigenvalue weighted by Crippen LogP contribution is 2.30. The second-order valence-corrected chi connectivity index (χ2v) is 8.94. The lowest BCUT2D eigenvalue weighted by Gasteiger charge is -2.15. The number of rotatable bonds is 7. The molecule has 0 aromatic carbocycles. The van der Waals surface area contributed by atoms with E-state index in [0.717, 1.165) is 37.5 Å². The fourth-order valence-electron chi connectivity index (χ4n) is 2.78. The van der Waals surface area contributed by atoms with E-state index in [1.165, 1.54) is 24.2 Å².